The zero-order chi connectivity index (χ0) is 22.2. The highest BCUT2D eigenvalue weighted by atomic mass is 19.1. The zero-order valence-corrected chi connectivity index (χ0v) is 17.3. The van der Waals surface area contributed by atoms with E-state index in [0.29, 0.717) is 37.0 Å². The van der Waals surface area contributed by atoms with Gasteiger partial charge in [0, 0.05) is 44.5 Å². The van der Waals surface area contributed by atoms with Crippen molar-refractivity contribution in [3.8, 4) is 0 Å². The maximum Gasteiger partial charge on any atom is 0.251 e. The fourth-order valence-electron chi connectivity index (χ4n) is 3.30. The number of rotatable bonds is 7. The predicted octanol–water partition coefficient (Wildman–Crippen LogP) is 0.380. The van der Waals surface area contributed by atoms with Crippen LogP contribution in [-0.4, -0.2) is 55.5 Å². The number of carbonyl (C=O) groups is 2. The third-order valence-electron chi connectivity index (χ3n) is 4.89. The van der Waals surface area contributed by atoms with Crippen LogP contribution in [0.1, 0.15) is 22.3 Å². The molecular weight excluding hydrogens is 401 g/mol. The predicted molar refractivity (Wildman–Crippen MR) is 116 cm³/mol. The monoisotopic (exact) mass is 427 g/mol. The van der Waals surface area contributed by atoms with Crippen molar-refractivity contribution in [2.45, 2.75) is 19.0 Å². The van der Waals surface area contributed by atoms with Crippen molar-refractivity contribution in [2.24, 2.45) is 10.7 Å². The number of amides is 2. The molecule has 10 heteroatoms. The minimum atomic E-state index is -0.594. The summed E-state index contributed by atoms with van der Waals surface area (Å²) in [6, 6.07) is 10.1. The lowest BCUT2D eigenvalue weighted by molar-refractivity contribution is -0.117. The minimum absolute atomic E-state index is 0.115. The van der Waals surface area contributed by atoms with Gasteiger partial charge < -0.3 is 26.6 Å². The number of benzene rings is 1. The number of nitrogens with two attached hydrogens (primary N) is 1. The van der Waals surface area contributed by atoms with Crippen LogP contribution in [0.2, 0.25) is 0 Å². The van der Waals surface area contributed by atoms with Crippen LogP contribution >= 0.6 is 0 Å². The van der Waals surface area contributed by atoms with E-state index in [-0.39, 0.29) is 24.3 Å². The number of aromatic nitrogens is 1. The van der Waals surface area contributed by atoms with Crippen LogP contribution in [0.25, 0.3) is 0 Å². The third-order valence-corrected chi connectivity index (χ3v) is 4.89. The van der Waals surface area contributed by atoms with E-state index < -0.39 is 5.91 Å². The average Bonchev–Trinajstić information content (AvgIpc) is 3.23. The minimum Gasteiger partial charge on any atom is -0.368 e. The van der Waals surface area contributed by atoms with Crippen molar-refractivity contribution in [2.75, 3.05) is 31.6 Å². The number of anilines is 1. The molecule has 0 radical (unpaired) electrons. The third kappa shape index (κ3) is 6.14. The van der Waals surface area contributed by atoms with Crippen molar-refractivity contribution in [1.82, 2.24) is 20.9 Å². The van der Waals surface area contributed by atoms with Crippen LogP contribution in [0.15, 0.2) is 47.6 Å². The van der Waals surface area contributed by atoms with Crippen LogP contribution in [0.4, 0.5) is 10.2 Å². The van der Waals surface area contributed by atoms with Crippen molar-refractivity contribution in [3.63, 3.8) is 0 Å². The summed E-state index contributed by atoms with van der Waals surface area (Å²) in [5.74, 6) is -0.266. The molecule has 164 valence electrons. The van der Waals surface area contributed by atoms with E-state index in [1.807, 2.05) is 17.0 Å². The maximum atomic E-state index is 14.0. The number of hydrogen-bond acceptors (Lipinski definition) is 5. The molecule has 1 atom stereocenters. The molecular formula is C21H26FN7O2. The summed E-state index contributed by atoms with van der Waals surface area (Å²) in [5, 5.41) is 9.03. The Hall–Kier alpha value is -3.69. The lowest BCUT2D eigenvalue weighted by atomic mass is 10.1. The standard InChI is InChI=1S/C21H26FN7O2/c1-24-21(28-16-8-10-29(13-16)19-17(22)3-2-9-25-19)27-11-14-4-6-15(7-5-14)20(31)26-12-18(23)30/h2-7,9,16H,8,10-13H2,1H3,(H2,23,30)(H,26,31)(H2,24,27,28). The number of hydrogen-bond donors (Lipinski definition) is 4. The Bertz CT molecular complexity index is 949. The summed E-state index contributed by atoms with van der Waals surface area (Å²) in [5.41, 5.74) is 6.43. The second-order valence-electron chi connectivity index (χ2n) is 7.16. The van der Waals surface area contributed by atoms with E-state index in [9.17, 15) is 14.0 Å². The molecule has 1 aliphatic rings. The molecule has 3 rings (SSSR count). The van der Waals surface area contributed by atoms with Gasteiger partial charge in [-0.3, -0.25) is 14.6 Å². The summed E-state index contributed by atoms with van der Waals surface area (Å²) in [6.45, 7) is 1.65. The van der Waals surface area contributed by atoms with Gasteiger partial charge in [0.15, 0.2) is 17.6 Å². The van der Waals surface area contributed by atoms with Crippen LogP contribution in [0, 0.1) is 5.82 Å². The highest BCUT2D eigenvalue weighted by molar-refractivity contribution is 5.96. The maximum absolute atomic E-state index is 14.0. The van der Waals surface area contributed by atoms with Crippen LogP contribution in [0.5, 0.6) is 0 Å². The molecule has 0 bridgehead atoms. The van der Waals surface area contributed by atoms with Gasteiger partial charge in [-0.2, -0.15) is 0 Å². The highest BCUT2D eigenvalue weighted by Crippen LogP contribution is 2.20. The molecule has 5 N–H and O–H groups in total. The molecule has 31 heavy (non-hydrogen) atoms. The number of carbonyl (C=O) groups excluding carboxylic acids is 2. The SMILES string of the molecule is CN=C(NCc1ccc(C(=O)NCC(N)=O)cc1)NC1CCN(c2ncccc2F)C1. The summed E-state index contributed by atoms with van der Waals surface area (Å²) >= 11 is 0. The fraction of sp³-hybridized carbons (Fsp3) is 0.333. The number of halogens is 1. The Morgan fingerprint density at radius 3 is 2.71 bits per heavy atom. The fourth-order valence-corrected chi connectivity index (χ4v) is 3.30. The molecule has 2 aromatic rings. The van der Waals surface area contributed by atoms with Crippen molar-refractivity contribution < 1.29 is 14.0 Å². The number of aliphatic imine (C=N–C) groups is 1. The van der Waals surface area contributed by atoms with Crippen molar-refractivity contribution >= 4 is 23.6 Å². The summed E-state index contributed by atoms with van der Waals surface area (Å²) in [7, 11) is 1.69. The van der Waals surface area contributed by atoms with Gasteiger partial charge in [0.1, 0.15) is 0 Å². The van der Waals surface area contributed by atoms with Gasteiger partial charge in [-0.1, -0.05) is 12.1 Å². The summed E-state index contributed by atoms with van der Waals surface area (Å²) in [6.07, 6.45) is 2.43. The lowest BCUT2D eigenvalue weighted by Gasteiger charge is -2.20. The van der Waals surface area contributed by atoms with Gasteiger partial charge in [-0.05, 0) is 36.2 Å². The van der Waals surface area contributed by atoms with E-state index in [1.54, 1.807) is 31.4 Å². The molecule has 0 spiro atoms. The van der Waals surface area contributed by atoms with Gasteiger partial charge >= 0.3 is 0 Å². The van der Waals surface area contributed by atoms with Gasteiger partial charge in [0.2, 0.25) is 5.91 Å². The normalized spacial score (nSPS) is 16.1. The lowest BCUT2D eigenvalue weighted by Crippen LogP contribution is -2.44. The summed E-state index contributed by atoms with van der Waals surface area (Å²) < 4.78 is 14.0. The quantitative estimate of drug-likeness (QED) is 0.374. The topological polar surface area (TPSA) is 125 Å². The number of nitrogens with one attached hydrogen (secondary N) is 3. The van der Waals surface area contributed by atoms with E-state index >= 15 is 0 Å². The number of primary amides is 1. The molecule has 1 aromatic heterocycles. The first-order chi connectivity index (χ1) is 15.0. The second-order valence-corrected chi connectivity index (χ2v) is 7.16. The first-order valence-electron chi connectivity index (χ1n) is 9.94. The molecule has 1 aromatic carbocycles. The Balaban J connectivity index is 1.48. The van der Waals surface area contributed by atoms with Crippen LogP contribution < -0.4 is 26.6 Å². The van der Waals surface area contributed by atoms with Crippen LogP contribution in [0.3, 0.4) is 0 Å². The highest BCUT2D eigenvalue weighted by Gasteiger charge is 2.25. The molecule has 1 unspecified atom stereocenters. The Morgan fingerprint density at radius 2 is 2.03 bits per heavy atom. The Kier molecular flexibility index (Phi) is 7.36. The van der Waals surface area contributed by atoms with Gasteiger partial charge in [-0.15, -0.1) is 0 Å². The molecule has 1 aliphatic heterocycles. The molecule has 2 heterocycles. The zero-order valence-electron chi connectivity index (χ0n) is 17.3. The first-order valence-corrected chi connectivity index (χ1v) is 9.94. The van der Waals surface area contributed by atoms with Gasteiger partial charge in [0.05, 0.1) is 6.54 Å². The number of guanidine groups is 1. The molecule has 0 aliphatic carbocycles. The van der Waals surface area contributed by atoms with Crippen molar-refractivity contribution in [3.05, 3.63) is 59.5 Å². The van der Waals surface area contributed by atoms with E-state index in [1.165, 1.54) is 6.07 Å². The van der Waals surface area contributed by atoms with Gasteiger partial charge in [-0.25, -0.2) is 9.37 Å². The number of pyridine rings is 1. The van der Waals surface area contributed by atoms with E-state index in [4.69, 9.17) is 5.73 Å². The Labute approximate surface area is 179 Å². The Morgan fingerprint density at radius 1 is 1.26 bits per heavy atom. The number of nitrogens with zero attached hydrogens (tertiary/aromatic N) is 3. The van der Waals surface area contributed by atoms with Crippen molar-refractivity contribution in [1.29, 1.82) is 0 Å². The molecule has 1 fully saturated rings. The molecule has 2 amide bonds. The molecule has 1 saturated heterocycles. The van der Waals surface area contributed by atoms with E-state index in [0.717, 1.165) is 12.0 Å². The first kappa shape index (κ1) is 22.0. The largest absolute Gasteiger partial charge is 0.368 e. The molecule has 0 saturated carbocycles. The molecule has 9 nitrogen and oxygen atoms in total. The smallest absolute Gasteiger partial charge is 0.251 e. The summed E-state index contributed by atoms with van der Waals surface area (Å²) in [4.78, 5) is 33.0. The average molecular weight is 427 g/mol. The second kappa shape index (κ2) is 10.4. The van der Waals surface area contributed by atoms with Crippen LogP contribution in [-0.2, 0) is 11.3 Å². The van der Waals surface area contributed by atoms with E-state index in [2.05, 4.69) is 25.9 Å². The van der Waals surface area contributed by atoms with Gasteiger partial charge in [0.25, 0.3) is 5.91 Å².